The second kappa shape index (κ2) is 9.80. The molecule has 0 aliphatic heterocycles. The van der Waals surface area contributed by atoms with Gasteiger partial charge >= 0.3 is 0 Å². The Balaban J connectivity index is 1.88. The minimum absolute atomic E-state index is 0.0673. The minimum Gasteiger partial charge on any atom is -0.493 e. The molecule has 0 atom stereocenters. The SMILES string of the molecule is COc1ccc(C(=O)CSc2nc3ccccc3c(=O)n2CCC(C)C)cc1OC. The number of benzene rings is 2. The molecule has 0 spiro atoms. The van der Waals surface area contributed by atoms with Crippen molar-refractivity contribution in [1.82, 2.24) is 9.55 Å². The summed E-state index contributed by atoms with van der Waals surface area (Å²) in [5.74, 6) is 1.63. The number of Topliss-reactive ketones (excluding diaryl/α,β-unsaturated/α-hetero) is 1. The molecule has 0 aliphatic carbocycles. The predicted octanol–water partition coefficient (Wildman–Crippen LogP) is 4.43. The highest BCUT2D eigenvalue weighted by Gasteiger charge is 2.16. The van der Waals surface area contributed by atoms with E-state index in [0.29, 0.717) is 45.6 Å². The van der Waals surface area contributed by atoms with Gasteiger partial charge in [0.2, 0.25) is 0 Å². The van der Waals surface area contributed by atoms with Gasteiger partial charge in [-0.1, -0.05) is 37.7 Å². The number of methoxy groups -OCH3 is 2. The summed E-state index contributed by atoms with van der Waals surface area (Å²) in [6.45, 7) is 4.81. The van der Waals surface area contributed by atoms with Crippen molar-refractivity contribution in [2.45, 2.75) is 32.0 Å². The molecule has 1 heterocycles. The Morgan fingerprint density at radius 3 is 2.53 bits per heavy atom. The van der Waals surface area contributed by atoms with Crippen LogP contribution in [0.15, 0.2) is 52.4 Å². The van der Waals surface area contributed by atoms with Crippen LogP contribution in [0.25, 0.3) is 10.9 Å². The first-order valence-corrected chi connectivity index (χ1v) is 10.8. The van der Waals surface area contributed by atoms with Crippen molar-refractivity contribution in [3.8, 4) is 11.5 Å². The number of fused-ring (bicyclic) bond motifs is 1. The third-order valence-corrected chi connectivity index (χ3v) is 5.77. The molecule has 3 rings (SSSR count). The van der Waals surface area contributed by atoms with Crippen LogP contribution in [0.2, 0.25) is 0 Å². The molecule has 0 radical (unpaired) electrons. The summed E-state index contributed by atoms with van der Waals surface area (Å²) in [4.78, 5) is 30.5. The Morgan fingerprint density at radius 1 is 1.10 bits per heavy atom. The van der Waals surface area contributed by atoms with E-state index in [1.54, 1.807) is 35.9 Å². The fraction of sp³-hybridized carbons (Fsp3) is 0.348. The van der Waals surface area contributed by atoms with Gasteiger partial charge < -0.3 is 9.47 Å². The normalized spacial score (nSPS) is 11.1. The van der Waals surface area contributed by atoms with Crippen LogP contribution in [0, 0.1) is 5.92 Å². The molecule has 0 aliphatic rings. The van der Waals surface area contributed by atoms with E-state index in [0.717, 1.165) is 6.42 Å². The molecule has 0 N–H and O–H groups in total. The lowest BCUT2D eigenvalue weighted by Crippen LogP contribution is -2.24. The Hall–Kier alpha value is -2.80. The molecule has 3 aromatic rings. The standard InChI is InChI=1S/C23H26N2O4S/c1-15(2)11-12-25-22(27)17-7-5-6-8-18(17)24-23(25)30-14-19(26)16-9-10-20(28-3)21(13-16)29-4/h5-10,13,15H,11-12,14H2,1-4H3. The number of ether oxygens (including phenoxy) is 2. The third kappa shape index (κ3) is 4.84. The van der Waals surface area contributed by atoms with Gasteiger partial charge in [-0.15, -0.1) is 0 Å². The average molecular weight is 427 g/mol. The van der Waals surface area contributed by atoms with E-state index in [1.165, 1.54) is 18.9 Å². The molecule has 0 bridgehead atoms. The summed E-state index contributed by atoms with van der Waals surface area (Å²) in [7, 11) is 3.09. The maximum atomic E-state index is 13.0. The lowest BCUT2D eigenvalue weighted by atomic mass is 10.1. The Kier molecular flexibility index (Phi) is 7.15. The maximum absolute atomic E-state index is 13.0. The average Bonchev–Trinajstić information content (AvgIpc) is 2.76. The van der Waals surface area contributed by atoms with Gasteiger partial charge in [0, 0.05) is 12.1 Å². The second-order valence-electron chi connectivity index (χ2n) is 7.33. The van der Waals surface area contributed by atoms with Crippen molar-refractivity contribution in [2.75, 3.05) is 20.0 Å². The summed E-state index contributed by atoms with van der Waals surface area (Å²) >= 11 is 1.28. The van der Waals surface area contributed by atoms with Crippen molar-refractivity contribution in [1.29, 1.82) is 0 Å². The molecule has 6 nitrogen and oxygen atoms in total. The maximum Gasteiger partial charge on any atom is 0.262 e. The number of ketones is 1. The second-order valence-corrected chi connectivity index (χ2v) is 8.27. The van der Waals surface area contributed by atoms with Crippen LogP contribution in [0.3, 0.4) is 0 Å². The fourth-order valence-corrected chi connectivity index (χ4v) is 3.99. The van der Waals surface area contributed by atoms with Crippen LogP contribution in [-0.4, -0.2) is 35.3 Å². The molecular weight excluding hydrogens is 400 g/mol. The highest BCUT2D eigenvalue weighted by molar-refractivity contribution is 7.99. The van der Waals surface area contributed by atoms with Crippen molar-refractivity contribution in [3.05, 3.63) is 58.4 Å². The van der Waals surface area contributed by atoms with Gasteiger partial charge in [-0.2, -0.15) is 0 Å². The number of carbonyl (C=O) groups is 1. The Morgan fingerprint density at radius 2 is 1.83 bits per heavy atom. The van der Waals surface area contributed by atoms with Crippen molar-refractivity contribution >= 4 is 28.4 Å². The van der Waals surface area contributed by atoms with Crippen molar-refractivity contribution < 1.29 is 14.3 Å². The Bertz CT molecular complexity index is 1110. The molecule has 2 aromatic carbocycles. The van der Waals surface area contributed by atoms with Gasteiger partial charge in [0.25, 0.3) is 5.56 Å². The zero-order valence-electron chi connectivity index (χ0n) is 17.7. The van der Waals surface area contributed by atoms with Crippen LogP contribution in [0.5, 0.6) is 11.5 Å². The monoisotopic (exact) mass is 426 g/mol. The van der Waals surface area contributed by atoms with Crippen LogP contribution >= 0.6 is 11.8 Å². The molecule has 0 fully saturated rings. The topological polar surface area (TPSA) is 70.4 Å². The van der Waals surface area contributed by atoms with E-state index in [2.05, 4.69) is 18.8 Å². The van der Waals surface area contributed by atoms with Gasteiger partial charge in [-0.3, -0.25) is 14.2 Å². The minimum atomic E-state index is -0.0706. The van der Waals surface area contributed by atoms with E-state index in [-0.39, 0.29) is 17.1 Å². The first-order valence-electron chi connectivity index (χ1n) is 9.82. The van der Waals surface area contributed by atoms with Gasteiger partial charge in [0.1, 0.15) is 0 Å². The fourth-order valence-electron chi connectivity index (χ4n) is 3.07. The van der Waals surface area contributed by atoms with Crippen molar-refractivity contribution in [2.24, 2.45) is 5.92 Å². The summed E-state index contributed by atoms with van der Waals surface area (Å²) in [6, 6.07) is 12.4. The lowest BCUT2D eigenvalue weighted by Gasteiger charge is -2.14. The molecule has 0 saturated carbocycles. The van der Waals surface area contributed by atoms with Crippen LogP contribution in [0.1, 0.15) is 30.6 Å². The van der Waals surface area contributed by atoms with E-state index in [1.807, 2.05) is 18.2 Å². The lowest BCUT2D eigenvalue weighted by molar-refractivity contribution is 0.102. The number of para-hydroxylation sites is 1. The molecule has 30 heavy (non-hydrogen) atoms. The predicted molar refractivity (Wildman–Crippen MR) is 120 cm³/mol. The molecular formula is C23H26N2O4S. The van der Waals surface area contributed by atoms with Gasteiger partial charge in [0.05, 0.1) is 30.9 Å². The van der Waals surface area contributed by atoms with Gasteiger partial charge in [-0.25, -0.2) is 4.98 Å². The Labute approximate surface area is 180 Å². The number of aromatic nitrogens is 2. The molecule has 7 heteroatoms. The van der Waals surface area contributed by atoms with Crippen molar-refractivity contribution in [3.63, 3.8) is 0 Å². The molecule has 0 saturated heterocycles. The van der Waals surface area contributed by atoms with Gasteiger partial charge in [-0.05, 0) is 42.7 Å². The number of thioether (sulfide) groups is 1. The van der Waals surface area contributed by atoms with Crippen LogP contribution < -0.4 is 15.0 Å². The first-order chi connectivity index (χ1) is 14.4. The number of carbonyl (C=O) groups excluding carboxylic acids is 1. The molecule has 0 unspecified atom stereocenters. The largest absolute Gasteiger partial charge is 0.493 e. The van der Waals surface area contributed by atoms with Crippen LogP contribution in [-0.2, 0) is 6.54 Å². The molecule has 158 valence electrons. The quantitative estimate of drug-likeness (QED) is 0.286. The summed E-state index contributed by atoms with van der Waals surface area (Å²) in [5, 5.41) is 1.16. The van der Waals surface area contributed by atoms with Gasteiger partial charge in [0.15, 0.2) is 22.4 Å². The van der Waals surface area contributed by atoms with Crippen LogP contribution in [0.4, 0.5) is 0 Å². The highest BCUT2D eigenvalue weighted by Crippen LogP contribution is 2.28. The zero-order chi connectivity index (χ0) is 21.7. The number of hydrogen-bond donors (Lipinski definition) is 0. The first kappa shape index (κ1) is 21.9. The highest BCUT2D eigenvalue weighted by atomic mass is 32.2. The van der Waals surface area contributed by atoms with E-state index in [9.17, 15) is 9.59 Å². The molecule has 0 amide bonds. The molecule has 1 aromatic heterocycles. The summed E-state index contributed by atoms with van der Waals surface area (Å²) < 4.78 is 12.2. The smallest absolute Gasteiger partial charge is 0.262 e. The zero-order valence-corrected chi connectivity index (χ0v) is 18.5. The van der Waals surface area contributed by atoms with E-state index >= 15 is 0 Å². The third-order valence-electron chi connectivity index (χ3n) is 4.79. The van der Waals surface area contributed by atoms with E-state index < -0.39 is 0 Å². The van der Waals surface area contributed by atoms with E-state index in [4.69, 9.17) is 9.47 Å². The summed E-state index contributed by atoms with van der Waals surface area (Å²) in [6.07, 6.45) is 0.858. The summed E-state index contributed by atoms with van der Waals surface area (Å²) in [5.41, 5.74) is 1.10. The number of nitrogens with zero attached hydrogens (tertiary/aromatic N) is 2. The number of hydrogen-bond acceptors (Lipinski definition) is 6. The number of rotatable bonds is 9.